The molecule has 3 atom stereocenters. The topological polar surface area (TPSA) is 83.6 Å². The van der Waals surface area contributed by atoms with Crippen LogP contribution in [0.2, 0.25) is 0 Å². The average molecular weight is 346 g/mol. The molecule has 0 bridgehead atoms. The molecular formula is C17H18N2O4S. The van der Waals surface area contributed by atoms with Crippen molar-refractivity contribution in [1.29, 1.82) is 0 Å². The molecule has 4 rings (SSSR count). The number of carbonyl (C=O) groups excluding carboxylic acids is 1. The number of nitrogens with zero attached hydrogens (tertiary/aromatic N) is 2. The van der Waals surface area contributed by atoms with Gasteiger partial charge in [0.25, 0.3) is 5.91 Å². The molecule has 1 saturated carbocycles. The van der Waals surface area contributed by atoms with Crippen LogP contribution in [0, 0.1) is 5.92 Å². The largest absolute Gasteiger partial charge is 0.480 e. The van der Waals surface area contributed by atoms with Gasteiger partial charge in [-0.2, -0.15) is 0 Å². The summed E-state index contributed by atoms with van der Waals surface area (Å²) in [5, 5.41) is 12.0. The molecule has 3 heterocycles. The maximum absolute atomic E-state index is 13.0. The highest BCUT2D eigenvalue weighted by molar-refractivity contribution is 7.13. The van der Waals surface area contributed by atoms with E-state index in [9.17, 15) is 14.7 Å². The standard InChI is InChI=1S/C17H18N2O4S/c20-16(12-9-24-15(18-12)11-5-6-23-8-11)19-13-4-2-1-3-10(13)7-14(19)17(21)22/h5-6,8-10,13-14H,1-4,7H2,(H,21,22)/t10-,13+,14-/m0/s1. The van der Waals surface area contributed by atoms with E-state index in [1.54, 1.807) is 28.9 Å². The minimum atomic E-state index is -0.914. The predicted molar refractivity (Wildman–Crippen MR) is 87.8 cm³/mol. The molecule has 0 unspecified atom stereocenters. The third-order valence-corrected chi connectivity index (χ3v) is 5.99. The first-order valence-electron chi connectivity index (χ1n) is 8.18. The SMILES string of the molecule is O=C(O)[C@@H]1C[C@@H]2CCCC[C@H]2N1C(=O)c1csc(-c2ccoc2)n1. The van der Waals surface area contributed by atoms with Gasteiger partial charge in [-0.25, -0.2) is 9.78 Å². The van der Waals surface area contributed by atoms with Crippen molar-refractivity contribution in [3.8, 4) is 10.6 Å². The van der Waals surface area contributed by atoms with Crippen molar-refractivity contribution in [3.05, 3.63) is 29.7 Å². The van der Waals surface area contributed by atoms with Gasteiger partial charge in [0.15, 0.2) is 0 Å². The highest BCUT2D eigenvalue weighted by Crippen LogP contribution is 2.40. The molecule has 1 N–H and O–H groups in total. The summed E-state index contributed by atoms with van der Waals surface area (Å²) in [6, 6.07) is 1.09. The molecule has 24 heavy (non-hydrogen) atoms. The number of carboxylic acid groups (broad SMARTS) is 1. The number of furan rings is 1. The second-order valence-electron chi connectivity index (χ2n) is 6.46. The summed E-state index contributed by atoms with van der Waals surface area (Å²) in [4.78, 5) is 30.6. The van der Waals surface area contributed by atoms with Gasteiger partial charge in [0.05, 0.1) is 6.26 Å². The lowest BCUT2D eigenvalue weighted by atomic mass is 9.84. The van der Waals surface area contributed by atoms with Crippen LogP contribution in [-0.2, 0) is 4.79 Å². The fourth-order valence-corrected chi connectivity index (χ4v) is 4.78. The maximum Gasteiger partial charge on any atom is 0.326 e. The Kier molecular flexibility index (Phi) is 3.88. The number of aliphatic carboxylic acids is 1. The number of likely N-dealkylation sites (tertiary alicyclic amines) is 1. The molecule has 6 nitrogen and oxygen atoms in total. The number of amides is 1. The number of hydrogen-bond donors (Lipinski definition) is 1. The van der Waals surface area contributed by atoms with E-state index in [4.69, 9.17) is 4.42 Å². The average Bonchev–Trinajstić information content (AvgIpc) is 3.31. The molecule has 7 heteroatoms. The van der Waals surface area contributed by atoms with E-state index in [1.165, 1.54) is 11.3 Å². The molecule has 2 aromatic heterocycles. The normalized spacial score (nSPS) is 26.3. The molecule has 2 aliphatic rings. The Balaban J connectivity index is 1.63. The maximum atomic E-state index is 13.0. The van der Waals surface area contributed by atoms with Crippen LogP contribution in [0.25, 0.3) is 10.6 Å². The third-order valence-electron chi connectivity index (χ3n) is 5.10. The zero-order valence-electron chi connectivity index (χ0n) is 13.1. The summed E-state index contributed by atoms with van der Waals surface area (Å²) >= 11 is 1.37. The Labute approximate surface area is 143 Å². The van der Waals surface area contributed by atoms with Gasteiger partial charge in [-0.1, -0.05) is 12.8 Å². The number of thiazole rings is 1. The Morgan fingerprint density at radius 3 is 2.92 bits per heavy atom. The molecule has 0 aromatic carbocycles. The lowest BCUT2D eigenvalue weighted by molar-refractivity contribution is -0.141. The summed E-state index contributed by atoms with van der Waals surface area (Å²) < 4.78 is 5.05. The molecule has 2 aromatic rings. The van der Waals surface area contributed by atoms with Gasteiger partial charge in [-0.15, -0.1) is 11.3 Å². The van der Waals surface area contributed by atoms with Crippen LogP contribution in [-0.4, -0.2) is 39.0 Å². The lowest BCUT2D eigenvalue weighted by Crippen LogP contribution is -2.46. The van der Waals surface area contributed by atoms with Crippen molar-refractivity contribution in [2.45, 2.75) is 44.2 Å². The second-order valence-corrected chi connectivity index (χ2v) is 7.32. The van der Waals surface area contributed by atoms with Gasteiger partial charge < -0.3 is 14.4 Å². The first-order chi connectivity index (χ1) is 11.6. The van der Waals surface area contributed by atoms with Crippen molar-refractivity contribution >= 4 is 23.2 Å². The van der Waals surface area contributed by atoms with E-state index in [1.807, 2.05) is 0 Å². The number of rotatable bonds is 3. The molecule has 1 aliphatic heterocycles. The van der Waals surface area contributed by atoms with Crippen molar-refractivity contribution in [2.24, 2.45) is 5.92 Å². The van der Waals surface area contributed by atoms with E-state index < -0.39 is 12.0 Å². The minimum Gasteiger partial charge on any atom is -0.480 e. The van der Waals surface area contributed by atoms with E-state index in [2.05, 4.69) is 4.98 Å². The molecule has 1 aliphatic carbocycles. The number of carbonyl (C=O) groups is 2. The van der Waals surface area contributed by atoms with Crippen molar-refractivity contribution in [3.63, 3.8) is 0 Å². The third kappa shape index (κ3) is 2.53. The fraction of sp³-hybridized carbons (Fsp3) is 0.471. The highest BCUT2D eigenvalue weighted by Gasteiger charge is 2.48. The molecule has 2 fully saturated rings. The summed E-state index contributed by atoms with van der Waals surface area (Å²) in [6.45, 7) is 0. The fourth-order valence-electron chi connectivity index (χ4n) is 4.00. The number of carboxylic acids is 1. The summed E-state index contributed by atoms with van der Waals surface area (Å²) in [7, 11) is 0. The summed E-state index contributed by atoms with van der Waals surface area (Å²) in [5.41, 5.74) is 1.15. The highest BCUT2D eigenvalue weighted by atomic mass is 32.1. The zero-order valence-corrected chi connectivity index (χ0v) is 13.9. The molecule has 1 amide bonds. The minimum absolute atomic E-state index is 0.0337. The Bertz CT molecular complexity index is 754. The Morgan fingerprint density at radius 2 is 2.17 bits per heavy atom. The van der Waals surface area contributed by atoms with Gasteiger partial charge in [-0.05, 0) is 31.2 Å². The first kappa shape index (κ1) is 15.4. The van der Waals surface area contributed by atoms with Gasteiger partial charge in [0, 0.05) is 17.0 Å². The van der Waals surface area contributed by atoms with Crippen molar-refractivity contribution < 1.29 is 19.1 Å². The molecule has 1 saturated heterocycles. The van der Waals surface area contributed by atoms with Crippen LogP contribution >= 0.6 is 11.3 Å². The quantitative estimate of drug-likeness (QED) is 0.922. The molecule has 0 spiro atoms. The van der Waals surface area contributed by atoms with Crippen LogP contribution in [0.1, 0.15) is 42.6 Å². The van der Waals surface area contributed by atoms with E-state index >= 15 is 0 Å². The smallest absolute Gasteiger partial charge is 0.326 e. The number of hydrogen-bond acceptors (Lipinski definition) is 5. The van der Waals surface area contributed by atoms with Crippen LogP contribution in [0.3, 0.4) is 0 Å². The molecule has 0 radical (unpaired) electrons. The molecule has 126 valence electrons. The van der Waals surface area contributed by atoms with Crippen LogP contribution in [0.15, 0.2) is 28.4 Å². The van der Waals surface area contributed by atoms with Crippen LogP contribution in [0.4, 0.5) is 0 Å². The van der Waals surface area contributed by atoms with Crippen molar-refractivity contribution in [2.75, 3.05) is 0 Å². The number of aromatic nitrogens is 1. The Hall–Kier alpha value is -2.15. The number of fused-ring (bicyclic) bond motifs is 1. The summed E-state index contributed by atoms with van der Waals surface area (Å²) in [6.07, 6.45) is 7.77. The van der Waals surface area contributed by atoms with Crippen LogP contribution in [0.5, 0.6) is 0 Å². The van der Waals surface area contributed by atoms with Crippen molar-refractivity contribution in [1.82, 2.24) is 9.88 Å². The first-order valence-corrected chi connectivity index (χ1v) is 9.06. The predicted octanol–water partition coefficient (Wildman–Crippen LogP) is 3.26. The lowest BCUT2D eigenvalue weighted by Gasteiger charge is -2.32. The van der Waals surface area contributed by atoms with E-state index in [0.29, 0.717) is 23.0 Å². The van der Waals surface area contributed by atoms with E-state index in [-0.39, 0.29) is 11.9 Å². The zero-order chi connectivity index (χ0) is 16.7. The van der Waals surface area contributed by atoms with E-state index in [0.717, 1.165) is 31.2 Å². The monoisotopic (exact) mass is 346 g/mol. The second kappa shape index (κ2) is 6.05. The molecular weight excluding hydrogens is 328 g/mol. The van der Waals surface area contributed by atoms with Gasteiger partial charge in [0.2, 0.25) is 0 Å². The Morgan fingerprint density at radius 1 is 1.33 bits per heavy atom. The van der Waals surface area contributed by atoms with Gasteiger partial charge in [-0.3, -0.25) is 4.79 Å². The van der Waals surface area contributed by atoms with Gasteiger partial charge in [0.1, 0.15) is 23.0 Å². The van der Waals surface area contributed by atoms with Crippen LogP contribution < -0.4 is 0 Å². The summed E-state index contributed by atoms with van der Waals surface area (Å²) in [5.74, 6) is -0.874. The van der Waals surface area contributed by atoms with Gasteiger partial charge >= 0.3 is 5.97 Å².